The van der Waals surface area contributed by atoms with Gasteiger partial charge >= 0.3 is 0 Å². The van der Waals surface area contributed by atoms with Crippen molar-refractivity contribution in [3.8, 4) is 0 Å². The molecule has 0 fully saturated rings. The van der Waals surface area contributed by atoms with Crippen LogP contribution in [-0.2, 0) is 11.5 Å². The van der Waals surface area contributed by atoms with Crippen LogP contribution in [0.15, 0.2) is 23.1 Å². The molecule has 2 aromatic rings. The largest absolute Gasteiger partial charge is 0.394 e. The Morgan fingerprint density at radius 3 is 2.83 bits per heavy atom. The number of aliphatic hydroxyl groups is 2. The highest BCUT2D eigenvalue weighted by Gasteiger charge is 2.09. The summed E-state index contributed by atoms with van der Waals surface area (Å²) in [5, 5.41) is 18.3. The van der Waals surface area contributed by atoms with Crippen molar-refractivity contribution >= 4 is 16.9 Å². The Hall–Kier alpha value is -1.83. The minimum absolute atomic E-state index is 0.106. The van der Waals surface area contributed by atoms with Gasteiger partial charge in [-0.05, 0) is 6.07 Å². The fraction of sp³-hybridized carbons (Fsp3) is 0.364. The number of nitrogens with zero attached hydrogens (tertiary/aromatic N) is 1. The average Bonchev–Trinajstić information content (AvgIpc) is 2.74. The normalized spacial score (nSPS) is 11.5. The van der Waals surface area contributed by atoms with Crippen molar-refractivity contribution in [2.45, 2.75) is 12.8 Å². The van der Waals surface area contributed by atoms with E-state index >= 15 is 0 Å². The summed E-state index contributed by atoms with van der Waals surface area (Å²) in [4.78, 5) is 14.5. The van der Waals surface area contributed by atoms with Crippen molar-refractivity contribution in [1.29, 1.82) is 0 Å². The highest BCUT2D eigenvalue weighted by atomic mass is 16.5. The van der Waals surface area contributed by atoms with Gasteiger partial charge in [-0.3, -0.25) is 4.79 Å². The van der Waals surface area contributed by atoms with Crippen LogP contribution in [0.5, 0.6) is 0 Å². The smallest absolute Gasteiger partial charge is 0.193 e. The summed E-state index contributed by atoms with van der Waals surface area (Å²) in [6.07, 6.45) is 1.03. The minimum Gasteiger partial charge on any atom is -0.394 e. The maximum absolute atomic E-state index is 11.6. The number of hydrogen-bond acceptors (Lipinski definition) is 5. The molecule has 0 bridgehead atoms. The van der Waals surface area contributed by atoms with Crippen molar-refractivity contribution in [1.82, 2.24) is 9.55 Å². The minimum atomic E-state index is -0.643. The molecule has 7 heteroatoms. The van der Waals surface area contributed by atoms with Gasteiger partial charge in [0.25, 0.3) is 0 Å². The van der Waals surface area contributed by atoms with Crippen molar-refractivity contribution in [3.63, 3.8) is 0 Å². The molecule has 98 valence electrons. The molecule has 0 atom stereocenters. The van der Waals surface area contributed by atoms with Gasteiger partial charge in [0.15, 0.2) is 5.43 Å². The Morgan fingerprint density at radius 2 is 2.17 bits per heavy atom. The monoisotopic (exact) mass is 253 g/mol. The molecule has 0 radical (unpaired) electrons. The molecule has 7 nitrogen and oxygen atoms in total. The maximum Gasteiger partial charge on any atom is 0.193 e. The quantitative estimate of drug-likeness (QED) is 0.559. The topological polar surface area (TPSA) is 114 Å². The summed E-state index contributed by atoms with van der Waals surface area (Å²) in [7, 11) is 0. The summed E-state index contributed by atoms with van der Waals surface area (Å²) in [6.45, 7) is -0.433. The Kier molecular flexibility index (Phi) is 3.66. The van der Waals surface area contributed by atoms with Crippen LogP contribution in [0.4, 0.5) is 5.82 Å². The first-order valence-corrected chi connectivity index (χ1v) is 5.46. The van der Waals surface area contributed by atoms with Crippen molar-refractivity contribution in [2.75, 3.05) is 18.9 Å². The molecule has 0 saturated carbocycles. The number of ether oxygens (including phenoxy) is 1. The van der Waals surface area contributed by atoms with Crippen molar-refractivity contribution in [3.05, 3.63) is 28.6 Å². The molecule has 0 aromatic carbocycles. The second kappa shape index (κ2) is 5.21. The van der Waals surface area contributed by atoms with E-state index in [2.05, 4.69) is 4.98 Å². The highest BCUT2D eigenvalue weighted by Crippen LogP contribution is 2.11. The van der Waals surface area contributed by atoms with Crippen LogP contribution in [-0.4, -0.2) is 39.1 Å². The summed E-state index contributed by atoms with van der Waals surface area (Å²) in [6, 6.07) is 2.97. The predicted molar refractivity (Wildman–Crippen MR) is 66.0 cm³/mol. The molecule has 0 saturated heterocycles. The number of aromatic amines is 1. The number of nitrogen functional groups attached to an aromatic ring is 1. The first kappa shape index (κ1) is 12.6. The number of nitrogens with one attached hydrogen (secondary N) is 1. The fourth-order valence-corrected chi connectivity index (χ4v) is 1.66. The van der Waals surface area contributed by atoms with Gasteiger partial charge in [0.1, 0.15) is 24.3 Å². The van der Waals surface area contributed by atoms with Crippen molar-refractivity contribution in [2.24, 2.45) is 0 Å². The van der Waals surface area contributed by atoms with E-state index in [9.17, 15) is 4.79 Å². The average molecular weight is 253 g/mol. The van der Waals surface area contributed by atoms with E-state index in [0.717, 1.165) is 0 Å². The number of anilines is 1. The Bertz CT molecular complexity index is 585. The van der Waals surface area contributed by atoms with Gasteiger partial charge in [0, 0.05) is 12.3 Å². The summed E-state index contributed by atoms with van der Waals surface area (Å²) >= 11 is 0. The van der Waals surface area contributed by atoms with Gasteiger partial charge in [-0.25, -0.2) is 0 Å². The first-order chi connectivity index (χ1) is 8.65. The first-order valence-electron chi connectivity index (χ1n) is 5.46. The third-order valence-electron chi connectivity index (χ3n) is 2.63. The van der Waals surface area contributed by atoms with Crippen LogP contribution in [0.25, 0.3) is 11.0 Å². The molecule has 0 unspecified atom stereocenters. The van der Waals surface area contributed by atoms with Crippen LogP contribution >= 0.6 is 0 Å². The van der Waals surface area contributed by atoms with E-state index in [1.807, 2.05) is 0 Å². The van der Waals surface area contributed by atoms with E-state index in [1.165, 1.54) is 6.07 Å². The molecule has 0 amide bonds. The SMILES string of the molecule is Nc1cc(=O)c2ccn(COC(CO)CO)c2[nH]1. The molecule has 0 spiro atoms. The van der Waals surface area contributed by atoms with Gasteiger partial charge in [-0.15, -0.1) is 0 Å². The summed E-state index contributed by atoms with van der Waals surface area (Å²) in [5.41, 5.74) is 5.96. The molecule has 2 aromatic heterocycles. The van der Waals surface area contributed by atoms with E-state index < -0.39 is 6.10 Å². The standard InChI is InChI=1S/C11H15N3O4/c12-10-3-9(17)8-1-2-14(11(8)13-10)6-18-7(4-15)5-16/h1-3,7,15-16H,4-6H2,(H3,12,13,17). The molecule has 2 heterocycles. The lowest BCUT2D eigenvalue weighted by molar-refractivity contribution is -0.0486. The number of H-pyrrole nitrogens is 1. The van der Waals surface area contributed by atoms with E-state index in [1.54, 1.807) is 16.8 Å². The zero-order valence-corrected chi connectivity index (χ0v) is 9.67. The number of rotatable bonds is 5. The Balaban J connectivity index is 2.27. The molecular weight excluding hydrogens is 238 g/mol. The number of fused-ring (bicyclic) bond motifs is 1. The molecule has 0 aliphatic heterocycles. The zero-order valence-electron chi connectivity index (χ0n) is 9.67. The lowest BCUT2D eigenvalue weighted by Gasteiger charge is -2.13. The maximum atomic E-state index is 11.6. The van der Waals surface area contributed by atoms with E-state index in [4.69, 9.17) is 20.7 Å². The van der Waals surface area contributed by atoms with Gasteiger partial charge < -0.3 is 30.2 Å². The molecule has 0 aliphatic rings. The second-order valence-electron chi connectivity index (χ2n) is 3.92. The summed E-state index contributed by atoms with van der Waals surface area (Å²) < 4.78 is 6.92. The van der Waals surface area contributed by atoms with Crippen LogP contribution < -0.4 is 11.2 Å². The van der Waals surface area contributed by atoms with Gasteiger partial charge in [-0.2, -0.15) is 0 Å². The van der Waals surface area contributed by atoms with Crippen LogP contribution in [0, 0.1) is 0 Å². The second-order valence-corrected chi connectivity index (χ2v) is 3.92. The van der Waals surface area contributed by atoms with Crippen LogP contribution in [0.1, 0.15) is 0 Å². The number of aromatic nitrogens is 2. The molecule has 2 rings (SSSR count). The van der Waals surface area contributed by atoms with E-state index in [-0.39, 0.29) is 31.2 Å². The lowest BCUT2D eigenvalue weighted by Crippen LogP contribution is -2.23. The predicted octanol–water partition coefficient (Wildman–Crippen LogP) is -0.761. The number of aliphatic hydroxyl groups excluding tert-OH is 2. The number of pyridine rings is 1. The van der Waals surface area contributed by atoms with Gasteiger partial charge in [0.05, 0.1) is 18.6 Å². The zero-order chi connectivity index (χ0) is 13.1. The van der Waals surface area contributed by atoms with Gasteiger partial charge in [-0.1, -0.05) is 0 Å². The third-order valence-corrected chi connectivity index (χ3v) is 2.63. The van der Waals surface area contributed by atoms with E-state index in [0.29, 0.717) is 11.0 Å². The molecular formula is C11H15N3O4. The Labute approximate surface area is 102 Å². The summed E-state index contributed by atoms with van der Waals surface area (Å²) in [5.74, 6) is 0.272. The molecule has 0 aliphatic carbocycles. The third kappa shape index (κ3) is 2.37. The number of nitrogens with two attached hydrogens (primary N) is 1. The van der Waals surface area contributed by atoms with Crippen LogP contribution in [0.2, 0.25) is 0 Å². The molecule has 18 heavy (non-hydrogen) atoms. The fourth-order valence-electron chi connectivity index (χ4n) is 1.66. The highest BCUT2D eigenvalue weighted by molar-refractivity contribution is 5.77. The number of hydrogen-bond donors (Lipinski definition) is 4. The molecule has 5 N–H and O–H groups in total. The van der Waals surface area contributed by atoms with Crippen LogP contribution in [0.3, 0.4) is 0 Å². The van der Waals surface area contributed by atoms with Crippen molar-refractivity contribution < 1.29 is 14.9 Å². The lowest BCUT2D eigenvalue weighted by atomic mass is 10.3. The Morgan fingerprint density at radius 1 is 1.44 bits per heavy atom. The van der Waals surface area contributed by atoms with Gasteiger partial charge in [0.2, 0.25) is 0 Å².